The lowest BCUT2D eigenvalue weighted by molar-refractivity contribution is -0.150. The van der Waals surface area contributed by atoms with Crippen molar-refractivity contribution in [2.24, 2.45) is 5.92 Å². The van der Waals surface area contributed by atoms with E-state index in [0.29, 0.717) is 19.3 Å². The lowest BCUT2D eigenvalue weighted by atomic mass is 9.98. The first kappa shape index (κ1) is 16.8. The zero-order chi connectivity index (χ0) is 14.3. The molecule has 4 heteroatoms. The van der Waals surface area contributed by atoms with Gasteiger partial charge in [-0.1, -0.05) is 40.0 Å². The summed E-state index contributed by atoms with van der Waals surface area (Å²) in [4.78, 5) is 11.8. The van der Waals surface area contributed by atoms with Crippen LogP contribution in [0.3, 0.4) is 0 Å². The number of hydrogen-bond acceptors (Lipinski definition) is 4. The van der Waals surface area contributed by atoms with Gasteiger partial charge in [-0.25, -0.2) is 0 Å². The Kier molecular flexibility index (Phi) is 7.22. The SMILES string of the molecule is CC(CC(C)(C)S)C(=O)OCCOC1CCCCC1. The lowest BCUT2D eigenvalue weighted by Gasteiger charge is -2.23. The molecule has 1 rings (SSSR count). The first-order valence-corrected chi connectivity index (χ1v) is 7.84. The van der Waals surface area contributed by atoms with E-state index in [-0.39, 0.29) is 16.6 Å². The third kappa shape index (κ3) is 7.83. The van der Waals surface area contributed by atoms with E-state index < -0.39 is 0 Å². The Labute approximate surface area is 122 Å². The fourth-order valence-corrected chi connectivity index (χ4v) is 2.84. The molecule has 0 saturated heterocycles. The van der Waals surface area contributed by atoms with Gasteiger partial charge in [-0.15, -0.1) is 0 Å². The van der Waals surface area contributed by atoms with Gasteiger partial charge in [0, 0.05) is 4.75 Å². The molecule has 1 fully saturated rings. The number of ether oxygens (including phenoxy) is 2. The van der Waals surface area contributed by atoms with Gasteiger partial charge in [0.1, 0.15) is 6.61 Å². The third-order valence-corrected chi connectivity index (χ3v) is 3.62. The molecule has 3 nitrogen and oxygen atoms in total. The second-order valence-electron chi connectivity index (χ2n) is 6.22. The summed E-state index contributed by atoms with van der Waals surface area (Å²) >= 11 is 4.43. The zero-order valence-electron chi connectivity index (χ0n) is 12.5. The van der Waals surface area contributed by atoms with Gasteiger partial charge >= 0.3 is 5.97 Å². The topological polar surface area (TPSA) is 35.5 Å². The molecule has 0 bridgehead atoms. The Morgan fingerprint density at radius 1 is 1.26 bits per heavy atom. The van der Waals surface area contributed by atoms with Crippen LogP contribution in [0, 0.1) is 5.92 Å². The van der Waals surface area contributed by atoms with Gasteiger partial charge < -0.3 is 9.47 Å². The van der Waals surface area contributed by atoms with E-state index in [9.17, 15) is 4.79 Å². The fourth-order valence-electron chi connectivity index (χ4n) is 2.56. The summed E-state index contributed by atoms with van der Waals surface area (Å²) in [5.41, 5.74) is 0. The minimum absolute atomic E-state index is 0.109. The smallest absolute Gasteiger partial charge is 0.308 e. The Morgan fingerprint density at radius 2 is 1.89 bits per heavy atom. The average Bonchev–Trinajstić information content (AvgIpc) is 2.33. The standard InChI is InChI=1S/C15H28O3S/c1-12(11-15(2,3)19)14(16)18-10-9-17-13-7-5-4-6-8-13/h12-13,19H,4-11H2,1-3H3. The van der Waals surface area contributed by atoms with E-state index in [1.54, 1.807) is 0 Å². The van der Waals surface area contributed by atoms with Crippen LogP contribution in [0.1, 0.15) is 59.3 Å². The number of carbonyl (C=O) groups is 1. The van der Waals surface area contributed by atoms with Crippen molar-refractivity contribution >= 4 is 18.6 Å². The summed E-state index contributed by atoms with van der Waals surface area (Å²) in [6.45, 7) is 6.79. The van der Waals surface area contributed by atoms with Gasteiger partial charge in [-0.05, 0) is 19.3 Å². The highest BCUT2D eigenvalue weighted by molar-refractivity contribution is 7.81. The van der Waals surface area contributed by atoms with E-state index in [1.807, 2.05) is 20.8 Å². The minimum atomic E-state index is -0.144. The molecule has 0 aromatic rings. The maximum atomic E-state index is 11.8. The van der Waals surface area contributed by atoms with E-state index >= 15 is 0 Å². The third-order valence-electron chi connectivity index (χ3n) is 3.44. The number of carbonyl (C=O) groups excluding carboxylic acids is 1. The number of thiol groups is 1. The summed E-state index contributed by atoms with van der Waals surface area (Å²) in [7, 11) is 0. The largest absolute Gasteiger partial charge is 0.463 e. The van der Waals surface area contributed by atoms with E-state index in [1.165, 1.54) is 19.3 Å². The quantitative estimate of drug-likeness (QED) is 0.441. The molecule has 0 spiro atoms. The molecule has 19 heavy (non-hydrogen) atoms. The van der Waals surface area contributed by atoms with Crippen molar-refractivity contribution in [2.75, 3.05) is 13.2 Å². The molecule has 0 radical (unpaired) electrons. The van der Waals surface area contributed by atoms with Gasteiger partial charge in [0.15, 0.2) is 0 Å². The van der Waals surface area contributed by atoms with Crippen molar-refractivity contribution in [1.82, 2.24) is 0 Å². The highest BCUT2D eigenvalue weighted by Crippen LogP contribution is 2.23. The first-order valence-electron chi connectivity index (χ1n) is 7.39. The van der Waals surface area contributed by atoms with Crippen LogP contribution in [-0.4, -0.2) is 30.0 Å². The number of rotatable bonds is 7. The summed E-state index contributed by atoms with van der Waals surface area (Å²) in [5.74, 6) is -0.253. The van der Waals surface area contributed by atoms with Crippen molar-refractivity contribution in [3.63, 3.8) is 0 Å². The predicted molar refractivity (Wildman–Crippen MR) is 80.6 cm³/mol. The van der Waals surface area contributed by atoms with Crippen molar-refractivity contribution < 1.29 is 14.3 Å². The molecule has 1 atom stereocenters. The molecular weight excluding hydrogens is 260 g/mol. The molecule has 0 N–H and O–H groups in total. The zero-order valence-corrected chi connectivity index (χ0v) is 13.4. The van der Waals surface area contributed by atoms with Crippen LogP contribution in [0.15, 0.2) is 0 Å². The van der Waals surface area contributed by atoms with Crippen molar-refractivity contribution in [3.8, 4) is 0 Å². The molecular formula is C15H28O3S. The highest BCUT2D eigenvalue weighted by Gasteiger charge is 2.22. The molecule has 1 aliphatic carbocycles. The first-order chi connectivity index (χ1) is 8.88. The lowest BCUT2D eigenvalue weighted by Crippen LogP contribution is -2.25. The van der Waals surface area contributed by atoms with Gasteiger partial charge in [-0.2, -0.15) is 12.6 Å². The second kappa shape index (κ2) is 8.15. The van der Waals surface area contributed by atoms with Crippen molar-refractivity contribution in [1.29, 1.82) is 0 Å². The average molecular weight is 288 g/mol. The summed E-state index contributed by atoms with van der Waals surface area (Å²) in [5, 5.41) is 0. The molecule has 0 heterocycles. The van der Waals surface area contributed by atoms with Gasteiger partial charge in [0.05, 0.1) is 18.6 Å². The maximum Gasteiger partial charge on any atom is 0.308 e. The molecule has 1 unspecified atom stereocenters. The van der Waals surface area contributed by atoms with Crippen LogP contribution in [0.2, 0.25) is 0 Å². The van der Waals surface area contributed by atoms with Gasteiger partial charge in [-0.3, -0.25) is 4.79 Å². The molecule has 0 aromatic heterocycles. The van der Waals surface area contributed by atoms with Crippen LogP contribution < -0.4 is 0 Å². The van der Waals surface area contributed by atoms with Crippen LogP contribution >= 0.6 is 12.6 Å². The molecule has 1 saturated carbocycles. The summed E-state index contributed by atoms with van der Waals surface area (Å²) in [6.07, 6.45) is 7.25. The number of hydrogen-bond donors (Lipinski definition) is 1. The Hall–Kier alpha value is -0.220. The summed E-state index contributed by atoms with van der Waals surface area (Å²) in [6, 6.07) is 0. The molecule has 112 valence electrons. The highest BCUT2D eigenvalue weighted by atomic mass is 32.1. The molecule has 0 aromatic carbocycles. The van der Waals surface area contributed by atoms with E-state index in [4.69, 9.17) is 9.47 Å². The van der Waals surface area contributed by atoms with Crippen molar-refractivity contribution in [2.45, 2.75) is 70.1 Å². The molecule has 1 aliphatic rings. The fraction of sp³-hybridized carbons (Fsp3) is 0.933. The normalized spacial score (nSPS) is 19.2. The van der Waals surface area contributed by atoms with Gasteiger partial charge in [0.2, 0.25) is 0 Å². The Morgan fingerprint density at radius 3 is 2.47 bits per heavy atom. The van der Waals surface area contributed by atoms with Crippen LogP contribution in [0.25, 0.3) is 0 Å². The van der Waals surface area contributed by atoms with E-state index in [0.717, 1.165) is 19.3 Å². The second-order valence-corrected chi connectivity index (χ2v) is 7.43. The van der Waals surface area contributed by atoms with Crippen molar-refractivity contribution in [3.05, 3.63) is 0 Å². The van der Waals surface area contributed by atoms with E-state index in [2.05, 4.69) is 12.6 Å². The maximum absolute atomic E-state index is 11.8. The van der Waals surface area contributed by atoms with Crippen LogP contribution in [-0.2, 0) is 14.3 Å². The number of esters is 1. The van der Waals surface area contributed by atoms with Crippen LogP contribution in [0.4, 0.5) is 0 Å². The Balaban J connectivity index is 2.09. The molecule has 0 amide bonds. The summed E-state index contributed by atoms with van der Waals surface area (Å²) < 4.78 is 10.8. The predicted octanol–water partition coefficient (Wildman–Crippen LogP) is 3.61. The van der Waals surface area contributed by atoms with Gasteiger partial charge in [0.25, 0.3) is 0 Å². The molecule has 0 aliphatic heterocycles. The van der Waals surface area contributed by atoms with Crippen LogP contribution in [0.5, 0.6) is 0 Å². The monoisotopic (exact) mass is 288 g/mol. The Bertz CT molecular complexity index is 267. The minimum Gasteiger partial charge on any atom is -0.463 e.